The first-order valence-electron chi connectivity index (χ1n) is 7.60. The first-order chi connectivity index (χ1) is 11.4. The van der Waals surface area contributed by atoms with Gasteiger partial charge in [-0.05, 0) is 24.5 Å². The SMILES string of the molecule is C=C[C@@H]1N(S(=O)(=O)c2ccc([N+](=O)[O-])cc2)C(=O)N[C@@]1(C)C(C)(C)C. The standard InChI is InChI=1S/C16H21N3O5S/c1-6-13-16(5,15(2,3)4)17-14(20)18(13)25(23,24)12-9-7-11(8-10-12)19(21)22/h6-10,13H,1H2,2-5H3,(H,17,20)/t13-,16+/m0/s1. The molecule has 0 bridgehead atoms. The van der Waals surface area contributed by atoms with Crippen molar-refractivity contribution in [2.24, 2.45) is 5.41 Å². The maximum atomic E-state index is 13.0. The average Bonchev–Trinajstić information content (AvgIpc) is 2.78. The topological polar surface area (TPSA) is 110 Å². The van der Waals surface area contributed by atoms with Gasteiger partial charge in [0.1, 0.15) is 0 Å². The Bertz CT molecular complexity index is 826. The lowest BCUT2D eigenvalue weighted by Gasteiger charge is -2.42. The molecule has 1 aromatic carbocycles. The smallest absolute Gasteiger partial charge is 0.329 e. The minimum atomic E-state index is -4.20. The molecule has 8 nitrogen and oxygen atoms in total. The molecule has 1 heterocycles. The van der Waals surface area contributed by atoms with Gasteiger partial charge in [0.05, 0.1) is 21.4 Å². The van der Waals surface area contributed by atoms with Gasteiger partial charge in [-0.15, -0.1) is 6.58 Å². The molecule has 0 unspecified atom stereocenters. The molecule has 1 aromatic rings. The van der Waals surface area contributed by atoms with E-state index < -0.39 is 38.0 Å². The molecule has 0 spiro atoms. The summed E-state index contributed by atoms with van der Waals surface area (Å²) in [6.07, 6.45) is 1.42. The first kappa shape index (κ1) is 18.9. The lowest BCUT2D eigenvalue weighted by Crippen LogP contribution is -2.56. The van der Waals surface area contributed by atoms with Crippen LogP contribution in [-0.2, 0) is 10.0 Å². The second-order valence-electron chi connectivity index (χ2n) is 7.11. The molecule has 25 heavy (non-hydrogen) atoms. The van der Waals surface area contributed by atoms with Crippen molar-refractivity contribution < 1.29 is 18.1 Å². The van der Waals surface area contributed by atoms with Gasteiger partial charge in [-0.3, -0.25) is 10.1 Å². The van der Waals surface area contributed by atoms with Crippen LogP contribution in [-0.4, -0.2) is 35.3 Å². The van der Waals surface area contributed by atoms with Crippen LogP contribution in [0, 0.1) is 15.5 Å². The van der Waals surface area contributed by atoms with Crippen LogP contribution >= 0.6 is 0 Å². The van der Waals surface area contributed by atoms with Crippen molar-refractivity contribution in [1.29, 1.82) is 0 Å². The van der Waals surface area contributed by atoms with E-state index in [0.717, 1.165) is 28.6 Å². The highest BCUT2D eigenvalue weighted by molar-refractivity contribution is 7.89. The summed E-state index contributed by atoms with van der Waals surface area (Å²) in [5, 5.41) is 13.5. The molecule has 136 valence electrons. The number of carbonyl (C=O) groups is 1. The highest BCUT2D eigenvalue weighted by Crippen LogP contribution is 2.41. The van der Waals surface area contributed by atoms with Gasteiger partial charge in [0.15, 0.2) is 0 Å². The average molecular weight is 367 g/mol. The molecule has 0 radical (unpaired) electrons. The fraction of sp³-hybridized carbons (Fsp3) is 0.438. The van der Waals surface area contributed by atoms with E-state index in [1.165, 1.54) is 6.08 Å². The van der Waals surface area contributed by atoms with Crippen molar-refractivity contribution in [3.63, 3.8) is 0 Å². The summed E-state index contributed by atoms with van der Waals surface area (Å²) in [6, 6.07) is 2.86. The molecule has 1 aliphatic rings. The van der Waals surface area contributed by atoms with Crippen molar-refractivity contribution in [1.82, 2.24) is 9.62 Å². The largest absolute Gasteiger partial charge is 0.332 e. The number of nitro groups is 1. The highest BCUT2D eigenvalue weighted by atomic mass is 32.2. The van der Waals surface area contributed by atoms with Gasteiger partial charge in [-0.25, -0.2) is 17.5 Å². The molecule has 9 heteroatoms. The van der Waals surface area contributed by atoms with Crippen molar-refractivity contribution in [3.05, 3.63) is 47.0 Å². The van der Waals surface area contributed by atoms with E-state index in [2.05, 4.69) is 11.9 Å². The molecule has 1 N–H and O–H groups in total. The molecule has 0 aliphatic carbocycles. The van der Waals surface area contributed by atoms with Crippen molar-refractivity contribution >= 4 is 21.7 Å². The summed E-state index contributed by atoms with van der Waals surface area (Å²) in [6.45, 7) is 11.1. The zero-order valence-electron chi connectivity index (χ0n) is 14.5. The molecule has 1 fully saturated rings. The molecule has 1 saturated heterocycles. The van der Waals surface area contributed by atoms with E-state index in [4.69, 9.17) is 0 Å². The Morgan fingerprint density at radius 2 is 1.84 bits per heavy atom. The summed E-state index contributed by atoms with van der Waals surface area (Å²) in [7, 11) is -4.20. The van der Waals surface area contributed by atoms with Crippen LogP contribution in [0.1, 0.15) is 27.7 Å². The Labute approximate surface area is 146 Å². The summed E-state index contributed by atoms with van der Waals surface area (Å²) in [5.74, 6) is 0. The highest BCUT2D eigenvalue weighted by Gasteiger charge is 2.57. The molecule has 2 amide bonds. The summed E-state index contributed by atoms with van der Waals surface area (Å²) < 4.78 is 26.7. The van der Waals surface area contributed by atoms with E-state index in [9.17, 15) is 23.3 Å². The lowest BCUT2D eigenvalue weighted by atomic mass is 9.71. The van der Waals surface area contributed by atoms with Gasteiger partial charge in [0.2, 0.25) is 0 Å². The third-order valence-electron chi connectivity index (χ3n) is 4.80. The number of hydrogen-bond donors (Lipinski definition) is 1. The van der Waals surface area contributed by atoms with E-state index in [0.29, 0.717) is 0 Å². The summed E-state index contributed by atoms with van der Waals surface area (Å²) in [5.41, 5.74) is -1.54. The molecule has 2 atom stereocenters. The van der Waals surface area contributed by atoms with Crippen LogP contribution in [0.5, 0.6) is 0 Å². The molecule has 0 saturated carbocycles. The molecule has 0 aromatic heterocycles. The number of benzene rings is 1. The van der Waals surface area contributed by atoms with Crippen LogP contribution in [0.4, 0.5) is 10.5 Å². The van der Waals surface area contributed by atoms with Crippen molar-refractivity contribution in [2.75, 3.05) is 0 Å². The maximum absolute atomic E-state index is 13.0. The van der Waals surface area contributed by atoms with Gasteiger partial charge in [-0.2, -0.15) is 0 Å². The number of sulfonamides is 1. The van der Waals surface area contributed by atoms with E-state index in [-0.39, 0.29) is 10.6 Å². The second-order valence-corrected chi connectivity index (χ2v) is 8.93. The van der Waals surface area contributed by atoms with Crippen LogP contribution < -0.4 is 5.32 Å². The minimum absolute atomic E-state index is 0.196. The summed E-state index contributed by atoms with van der Waals surface area (Å²) in [4.78, 5) is 22.4. The van der Waals surface area contributed by atoms with Crippen LogP contribution in [0.25, 0.3) is 0 Å². The Balaban J connectivity index is 2.53. The Morgan fingerprint density at radius 1 is 1.32 bits per heavy atom. The fourth-order valence-corrected chi connectivity index (χ4v) is 4.35. The van der Waals surface area contributed by atoms with E-state index in [1.54, 1.807) is 6.92 Å². The first-order valence-corrected chi connectivity index (χ1v) is 9.04. The van der Waals surface area contributed by atoms with E-state index in [1.807, 2.05) is 20.8 Å². The number of amides is 2. The van der Waals surface area contributed by atoms with Gasteiger partial charge >= 0.3 is 6.03 Å². The number of nitrogens with zero attached hydrogens (tertiary/aromatic N) is 2. The Kier molecular flexibility index (Phi) is 4.41. The molecular weight excluding hydrogens is 346 g/mol. The van der Waals surface area contributed by atoms with Gasteiger partial charge < -0.3 is 5.32 Å². The zero-order chi connectivity index (χ0) is 19.2. The monoisotopic (exact) mass is 367 g/mol. The second kappa shape index (κ2) is 5.83. The number of carbonyl (C=O) groups excluding carboxylic acids is 1. The molecular formula is C16H21N3O5S. The summed E-state index contributed by atoms with van der Waals surface area (Å²) >= 11 is 0. The van der Waals surface area contributed by atoms with Crippen LogP contribution in [0.3, 0.4) is 0 Å². The number of rotatable bonds is 4. The number of urea groups is 1. The van der Waals surface area contributed by atoms with Crippen LogP contribution in [0.15, 0.2) is 41.8 Å². The fourth-order valence-electron chi connectivity index (χ4n) is 2.79. The maximum Gasteiger partial charge on any atom is 0.332 e. The molecule has 1 aliphatic heterocycles. The van der Waals surface area contributed by atoms with Crippen LogP contribution in [0.2, 0.25) is 0 Å². The normalized spacial score (nSPS) is 24.1. The van der Waals surface area contributed by atoms with Gasteiger partial charge in [-0.1, -0.05) is 26.8 Å². The minimum Gasteiger partial charge on any atom is -0.329 e. The number of non-ortho nitro benzene ring substituents is 1. The predicted octanol–water partition coefficient (Wildman–Crippen LogP) is 2.67. The van der Waals surface area contributed by atoms with Crippen molar-refractivity contribution in [3.8, 4) is 0 Å². The third-order valence-corrected chi connectivity index (χ3v) is 6.58. The molecule has 2 rings (SSSR count). The van der Waals surface area contributed by atoms with E-state index >= 15 is 0 Å². The number of hydrogen-bond acceptors (Lipinski definition) is 5. The Hall–Kier alpha value is -2.42. The Morgan fingerprint density at radius 3 is 2.24 bits per heavy atom. The number of nitro benzene ring substituents is 1. The van der Waals surface area contributed by atoms with Gasteiger partial charge in [0, 0.05) is 12.1 Å². The quantitative estimate of drug-likeness (QED) is 0.500. The van der Waals surface area contributed by atoms with Gasteiger partial charge in [0.25, 0.3) is 15.7 Å². The third kappa shape index (κ3) is 2.88. The van der Waals surface area contributed by atoms with Crippen molar-refractivity contribution in [2.45, 2.75) is 44.2 Å². The predicted molar refractivity (Wildman–Crippen MR) is 92.5 cm³/mol. The number of nitrogens with one attached hydrogen (secondary N) is 1. The zero-order valence-corrected chi connectivity index (χ0v) is 15.3. The lowest BCUT2D eigenvalue weighted by molar-refractivity contribution is -0.384.